The molecule has 0 unspecified atom stereocenters. The summed E-state index contributed by atoms with van der Waals surface area (Å²) in [6, 6.07) is 9.32. The number of halogens is 1. The number of alkyl halides is 1. The van der Waals surface area contributed by atoms with E-state index in [1.807, 2.05) is 30.3 Å². The molecule has 0 saturated heterocycles. The quantitative estimate of drug-likeness (QED) is 0.363. The molecule has 0 aliphatic heterocycles. The van der Waals surface area contributed by atoms with E-state index in [9.17, 15) is 4.79 Å². The second kappa shape index (κ2) is 2.97. The molecule has 78 valence electrons. The van der Waals surface area contributed by atoms with Crippen LogP contribution in [0, 0.1) is 5.41 Å². The maximum absolute atomic E-state index is 11.9. The molecule has 0 N–H and O–H groups in total. The van der Waals surface area contributed by atoms with E-state index in [0.717, 1.165) is 19.3 Å². The molecular formula is C12H11IO2. The third-order valence-electron chi connectivity index (χ3n) is 3.35. The van der Waals surface area contributed by atoms with Crippen LogP contribution in [-0.2, 0) is 4.79 Å². The van der Waals surface area contributed by atoms with Crippen LogP contribution in [0.25, 0.3) is 0 Å². The first-order valence-electron chi connectivity index (χ1n) is 5.08. The van der Waals surface area contributed by atoms with Gasteiger partial charge in [0.15, 0.2) is 0 Å². The fourth-order valence-electron chi connectivity index (χ4n) is 2.58. The number of esters is 1. The third kappa shape index (κ3) is 1.40. The number of carbonyl (C=O) groups excluding carboxylic acids is 1. The first-order chi connectivity index (χ1) is 7.12. The second-order valence-electron chi connectivity index (χ2n) is 4.66. The molecular weight excluding hydrogens is 303 g/mol. The zero-order chi connectivity index (χ0) is 10.5. The van der Waals surface area contributed by atoms with Crippen molar-refractivity contribution in [2.24, 2.45) is 5.41 Å². The Bertz CT molecular complexity index is 393. The van der Waals surface area contributed by atoms with Gasteiger partial charge < -0.3 is 4.74 Å². The molecule has 0 spiro atoms. The normalized spacial score (nSPS) is 36.3. The van der Waals surface area contributed by atoms with E-state index in [2.05, 4.69) is 22.6 Å². The van der Waals surface area contributed by atoms with Crippen molar-refractivity contribution in [2.75, 3.05) is 0 Å². The number of hydrogen-bond acceptors (Lipinski definition) is 2. The van der Waals surface area contributed by atoms with Crippen molar-refractivity contribution in [1.82, 2.24) is 0 Å². The maximum Gasteiger partial charge on any atom is 0.317 e. The zero-order valence-electron chi connectivity index (χ0n) is 8.20. The van der Waals surface area contributed by atoms with Crippen molar-refractivity contribution in [3.63, 3.8) is 0 Å². The maximum atomic E-state index is 11.9. The van der Waals surface area contributed by atoms with E-state index in [1.54, 1.807) is 0 Å². The first-order valence-corrected chi connectivity index (χ1v) is 6.16. The number of para-hydroxylation sites is 1. The van der Waals surface area contributed by atoms with Crippen molar-refractivity contribution in [2.45, 2.75) is 22.7 Å². The van der Waals surface area contributed by atoms with Gasteiger partial charge in [0.05, 0.1) is 5.41 Å². The molecule has 2 bridgehead atoms. The van der Waals surface area contributed by atoms with E-state index in [0.29, 0.717) is 9.17 Å². The minimum atomic E-state index is -0.128. The molecule has 4 rings (SSSR count). The summed E-state index contributed by atoms with van der Waals surface area (Å²) in [5.41, 5.74) is -0.128. The summed E-state index contributed by atoms with van der Waals surface area (Å²) in [5, 5.41) is 0. The van der Waals surface area contributed by atoms with Crippen LogP contribution in [0.3, 0.4) is 0 Å². The molecule has 0 aromatic heterocycles. The molecule has 1 aromatic rings. The molecule has 0 heterocycles. The highest BCUT2D eigenvalue weighted by molar-refractivity contribution is 14.1. The highest BCUT2D eigenvalue weighted by Crippen LogP contribution is 2.72. The number of ether oxygens (including phenoxy) is 1. The lowest BCUT2D eigenvalue weighted by atomic mass is 9.44. The van der Waals surface area contributed by atoms with Gasteiger partial charge in [0, 0.05) is 3.42 Å². The van der Waals surface area contributed by atoms with Crippen molar-refractivity contribution in [3.8, 4) is 5.75 Å². The molecule has 0 radical (unpaired) electrons. The summed E-state index contributed by atoms with van der Waals surface area (Å²) in [6.07, 6.45) is 3.02. The van der Waals surface area contributed by atoms with E-state index < -0.39 is 0 Å². The summed E-state index contributed by atoms with van der Waals surface area (Å²) < 4.78 is 5.79. The zero-order valence-corrected chi connectivity index (χ0v) is 10.4. The fourth-order valence-corrected chi connectivity index (χ4v) is 4.77. The van der Waals surface area contributed by atoms with Crippen LogP contribution in [0.15, 0.2) is 30.3 Å². The van der Waals surface area contributed by atoms with Crippen LogP contribution in [0.5, 0.6) is 5.75 Å². The SMILES string of the molecule is O=C(Oc1ccccc1)C12CC(I)(C1)C2. The van der Waals surface area contributed by atoms with Crippen molar-refractivity contribution >= 4 is 28.6 Å². The Hall–Kier alpha value is -0.580. The molecule has 3 aliphatic rings. The lowest BCUT2D eigenvalue weighted by Crippen LogP contribution is -2.67. The molecule has 0 atom stereocenters. The largest absolute Gasteiger partial charge is 0.426 e. The van der Waals surface area contributed by atoms with Crippen LogP contribution in [0.1, 0.15) is 19.3 Å². The highest BCUT2D eigenvalue weighted by Gasteiger charge is 2.71. The van der Waals surface area contributed by atoms with Crippen molar-refractivity contribution in [1.29, 1.82) is 0 Å². The summed E-state index contributed by atoms with van der Waals surface area (Å²) in [6.45, 7) is 0. The molecule has 0 amide bonds. The number of rotatable bonds is 2. The smallest absolute Gasteiger partial charge is 0.317 e. The predicted octanol–water partition coefficient (Wildman–Crippen LogP) is 2.95. The molecule has 3 heteroatoms. The Labute approximate surface area is 102 Å². The van der Waals surface area contributed by atoms with E-state index in [1.165, 1.54) is 0 Å². The minimum Gasteiger partial charge on any atom is -0.426 e. The Morgan fingerprint density at radius 2 is 1.80 bits per heavy atom. The van der Waals surface area contributed by atoms with Crippen molar-refractivity contribution in [3.05, 3.63) is 30.3 Å². The van der Waals surface area contributed by atoms with Gasteiger partial charge in [-0.1, -0.05) is 40.8 Å². The Morgan fingerprint density at radius 3 is 2.33 bits per heavy atom. The van der Waals surface area contributed by atoms with Gasteiger partial charge in [-0.2, -0.15) is 0 Å². The Balaban J connectivity index is 1.68. The Morgan fingerprint density at radius 1 is 1.20 bits per heavy atom. The monoisotopic (exact) mass is 314 g/mol. The number of benzene rings is 1. The van der Waals surface area contributed by atoms with Gasteiger partial charge in [-0.15, -0.1) is 0 Å². The molecule has 15 heavy (non-hydrogen) atoms. The summed E-state index contributed by atoms with van der Waals surface area (Å²) in [5.74, 6) is 0.627. The highest BCUT2D eigenvalue weighted by atomic mass is 127. The second-order valence-corrected chi connectivity index (χ2v) is 6.95. The van der Waals surface area contributed by atoms with E-state index >= 15 is 0 Å². The minimum absolute atomic E-state index is 0.0350. The van der Waals surface area contributed by atoms with Gasteiger partial charge >= 0.3 is 5.97 Å². The standard InChI is InChI=1S/C12H11IO2/c13-12-6-11(7-12,8-12)10(14)15-9-4-2-1-3-5-9/h1-5H,6-8H2. The molecule has 2 nitrogen and oxygen atoms in total. The fraction of sp³-hybridized carbons (Fsp3) is 0.417. The third-order valence-corrected chi connectivity index (χ3v) is 4.50. The van der Waals surface area contributed by atoms with Crippen LogP contribution < -0.4 is 4.74 Å². The van der Waals surface area contributed by atoms with Gasteiger partial charge in [0.2, 0.25) is 0 Å². The summed E-state index contributed by atoms with van der Waals surface area (Å²) >= 11 is 2.46. The first kappa shape index (κ1) is 9.63. The number of carbonyl (C=O) groups is 1. The van der Waals surface area contributed by atoms with Crippen LogP contribution in [-0.4, -0.2) is 9.39 Å². The molecule has 1 aromatic carbocycles. The summed E-state index contributed by atoms with van der Waals surface area (Å²) in [4.78, 5) is 11.9. The van der Waals surface area contributed by atoms with Crippen molar-refractivity contribution < 1.29 is 9.53 Å². The van der Waals surface area contributed by atoms with E-state index in [-0.39, 0.29) is 11.4 Å². The van der Waals surface area contributed by atoms with Gasteiger partial charge in [0.25, 0.3) is 0 Å². The van der Waals surface area contributed by atoms with Gasteiger partial charge in [-0.25, -0.2) is 0 Å². The summed E-state index contributed by atoms with van der Waals surface area (Å²) in [7, 11) is 0. The molecule has 3 saturated carbocycles. The van der Waals surface area contributed by atoms with E-state index in [4.69, 9.17) is 4.74 Å². The van der Waals surface area contributed by atoms with Gasteiger partial charge in [-0.05, 0) is 31.4 Å². The van der Waals surface area contributed by atoms with Crippen LogP contribution >= 0.6 is 22.6 Å². The lowest BCUT2D eigenvalue weighted by Gasteiger charge is -2.65. The van der Waals surface area contributed by atoms with Crippen LogP contribution in [0.4, 0.5) is 0 Å². The molecule has 3 fully saturated rings. The number of hydrogen-bond donors (Lipinski definition) is 0. The van der Waals surface area contributed by atoms with Gasteiger partial charge in [0.1, 0.15) is 5.75 Å². The molecule has 3 aliphatic carbocycles. The topological polar surface area (TPSA) is 26.3 Å². The average molecular weight is 314 g/mol. The van der Waals surface area contributed by atoms with Gasteiger partial charge in [-0.3, -0.25) is 4.79 Å². The Kier molecular flexibility index (Phi) is 1.90. The van der Waals surface area contributed by atoms with Crippen LogP contribution in [0.2, 0.25) is 0 Å². The average Bonchev–Trinajstić information content (AvgIpc) is 2.13. The predicted molar refractivity (Wildman–Crippen MR) is 65.1 cm³/mol. The lowest BCUT2D eigenvalue weighted by molar-refractivity contribution is -0.171.